The van der Waals surface area contributed by atoms with E-state index in [9.17, 15) is 9.59 Å². The molecule has 2 aliphatic heterocycles. The van der Waals surface area contributed by atoms with Crippen molar-refractivity contribution in [2.24, 2.45) is 5.92 Å². The van der Waals surface area contributed by atoms with Gasteiger partial charge in [0, 0.05) is 56.7 Å². The number of hydrogen-bond donors (Lipinski definition) is 0. The van der Waals surface area contributed by atoms with E-state index in [4.69, 9.17) is 21.6 Å². The Hall–Kier alpha value is -4.23. The molecule has 2 aromatic carbocycles. The van der Waals surface area contributed by atoms with E-state index in [2.05, 4.69) is 10.2 Å². The summed E-state index contributed by atoms with van der Waals surface area (Å²) in [5.41, 5.74) is 1.63. The molecule has 2 amide bonds. The number of halogens is 2. The molecule has 3 aromatic rings. The van der Waals surface area contributed by atoms with E-state index >= 15 is 4.39 Å². The molecule has 0 radical (unpaired) electrons. The summed E-state index contributed by atoms with van der Waals surface area (Å²) in [5.74, 6) is -0.674. The summed E-state index contributed by atoms with van der Waals surface area (Å²) in [7, 11) is 1.48. The number of benzene rings is 2. The quantitative estimate of drug-likeness (QED) is 0.428. The second-order valence-electron chi connectivity index (χ2n) is 10.6. The van der Waals surface area contributed by atoms with Gasteiger partial charge in [-0.2, -0.15) is 5.26 Å². The van der Waals surface area contributed by atoms with E-state index in [-0.39, 0.29) is 23.6 Å². The number of methoxy groups -OCH3 is 1. The van der Waals surface area contributed by atoms with Crippen LogP contribution in [0.15, 0.2) is 54.6 Å². The van der Waals surface area contributed by atoms with Gasteiger partial charge in [0.2, 0.25) is 11.8 Å². The molecule has 0 bridgehead atoms. The number of anilines is 1. The Kier molecular flexibility index (Phi) is 8.88. The minimum absolute atomic E-state index is 0.0612. The Morgan fingerprint density at radius 3 is 2.48 bits per heavy atom. The number of hydrogen-bond acceptors (Lipinski definition) is 7. The molecule has 0 N–H and O–H groups in total. The van der Waals surface area contributed by atoms with E-state index in [1.165, 1.54) is 13.2 Å². The molecular weight excluding hydrogens is 559 g/mol. The first-order valence-corrected chi connectivity index (χ1v) is 14.3. The molecule has 9 nitrogen and oxygen atoms in total. The Morgan fingerprint density at radius 2 is 1.83 bits per heavy atom. The molecule has 3 atom stereocenters. The third kappa shape index (κ3) is 6.16. The van der Waals surface area contributed by atoms with Crippen LogP contribution in [0.5, 0.6) is 5.75 Å². The van der Waals surface area contributed by atoms with Gasteiger partial charge >= 0.3 is 0 Å². The van der Waals surface area contributed by atoms with Crippen molar-refractivity contribution in [1.82, 2.24) is 20.0 Å². The van der Waals surface area contributed by atoms with Crippen molar-refractivity contribution in [3.8, 4) is 11.8 Å². The molecule has 218 valence electrons. The van der Waals surface area contributed by atoms with Crippen LogP contribution in [0.1, 0.15) is 48.5 Å². The first-order valence-electron chi connectivity index (χ1n) is 13.9. The second kappa shape index (κ2) is 12.7. The highest BCUT2D eigenvalue weighted by Crippen LogP contribution is 2.38. The summed E-state index contributed by atoms with van der Waals surface area (Å²) >= 11 is 6.09. The van der Waals surface area contributed by atoms with Crippen LogP contribution >= 0.6 is 11.6 Å². The normalized spacial score (nSPS) is 20.9. The summed E-state index contributed by atoms with van der Waals surface area (Å²) in [6.07, 6.45) is 1.39. The number of carbonyl (C=O) groups is 2. The van der Waals surface area contributed by atoms with Gasteiger partial charge in [-0.25, -0.2) is 4.39 Å². The summed E-state index contributed by atoms with van der Waals surface area (Å²) < 4.78 is 20.5. The minimum atomic E-state index is -0.553. The highest BCUT2D eigenvalue weighted by Gasteiger charge is 2.42. The van der Waals surface area contributed by atoms with Crippen molar-refractivity contribution in [3.63, 3.8) is 0 Å². The first-order chi connectivity index (χ1) is 20.3. The number of ether oxygens (including phenoxy) is 1. The van der Waals surface area contributed by atoms with E-state index in [1.54, 1.807) is 36.1 Å². The molecule has 11 heteroatoms. The lowest BCUT2D eigenvalue weighted by Crippen LogP contribution is -2.47. The van der Waals surface area contributed by atoms with Gasteiger partial charge in [0.05, 0.1) is 19.1 Å². The SMILES string of the molecule is COc1ccc([C@@H]2CN(c3ccc(C#N)nn3)C[C@H]2C(=O)N2CCC[C@@H](c3ccc(Cl)cc3)N(C(C)=O)CC2)c(F)c1. The Labute approximate surface area is 249 Å². The average Bonchev–Trinajstić information content (AvgIpc) is 3.42. The standard InChI is InChI=1S/C31H32ClFN6O3/c1-20(40)39-15-14-37(13-3-4-29(39)21-5-7-22(32)8-6-21)31(41)27-19-38(30-12-9-23(17-34)35-36-30)18-26(27)25-11-10-24(42-2)16-28(25)33/h5-12,16,26-27,29H,3-4,13-15,18-19H2,1-2H3/t26-,27+,29-/m0/s1. The van der Waals surface area contributed by atoms with Crippen molar-refractivity contribution in [3.05, 3.63) is 82.3 Å². The maximum Gasteiger partial charge on any atom is 0.228 e. The molecule has 3 heterocycles. The van der Waals surface area contributed by atoms with Gasteiger partial charge in [0.15, 0.2) is 11.5 Å². The largest absolute Gasteiger partial charge is 0.497 e. The number of aromatic nitrogens is 2. The predicted molar refractivity (Wildman–Crippen MR) is 156 cm³/mol. The lowest BCUT2D eigenvalue weighted by molar-refractivity contribution is -0.139. The van der Waals surface area contributed by atoms with Crippen LogP contribution in [0.4, 0.5) is 10.2 Å². The third-order valence-corrected chi connectivity index (χ3v) is 8.45. The summed E-state index contributed by atoms with van der Waals surface area (Å²) in [4.78, 5) is 32.4. The van der Waals surface area contributed by atoms with Crippen LogP contribution in [0.25, 0.3) is 0 Å². The zero-order valence-corrected chi connectivity index (χ0v) is 24.3. The lowest BCUT2D eigenvalue weighted by atomic mass is 9.87. The lowest BCUT2D eigenvalue weighted by Gasteiger charge is -2.38. The maximum absolute atomic E-state index is 15.3. The second-order valence-corrected chi connectivity index (χ2v) is 11.1. The van der Waals surface area contributed by atoms with E-state index in [0.29, 0.717) is 67.7 Å². The fourth-order valence-electron chi connectivity index (χ4n) is 6.04. The molecule has 1 aromatic heterocycles. The van der Waals surface area contributed by atoms with Crippen molar-refractivity contribution < 1.29 is 18.7 Å². The van der Waals surface area contributed by atoms with Crippen molar-refractivity contribution in [1.29, 1.82) is 5.26 Å². The molecular formula is C31H32ClFN6O3. The molecule has 2 aliphatic rings. The summed E-state index contributed by atoms with van der Waals surface area (Å²) in [6.45, 7) is 3.50. The van der Waals surface area contributed by atoms with Gasteiger partial charge in [-0.3, -0.25) is 9.59 Å². The van der Waals surface area contributed by atoms with Crippen molar-refractivity contribution in [2.45, 2.75) is 31.7 Å². The number of nitriles is 1. The molecule has 42 heavy (non-hydrogen) atoms. The molecule has 2 saturated heterocycles. The van der Waals surface area contributed by atoms with E-state index in [0.717, 1.165) is 5.56 Å². The zero-order chi connectivity index (χ0) is 29.8. The highest BCUT2D eigenvalue weighted by atomic mass is 35.5. The van der Waals surface area contributed by atoms with Crippen LogP contribution in [0.2, 0.25) is 5.02 Å². The Morgan fingerprint density at radius 1 is 1.05 bits per heavy atom. The summed E-state index contributed by atoms with van der Waals surface area (Å²) in [5, 5.41) is 17.9. The van der Waals surface area contributed by atoms with Gasteiger partial charge < -0.3 is 19.4 Å². The zero-order valence-electron chi connectivity index (χ0n) is 23.5. The molecule has 0 saturated carbocycles. The number of amides is 2. The highest BCUT2D eigenvalue weighted by molar-refractivity contribution is 6.30. The van der Waals surface area contributed by atoms with E-state index in [1.807, 2.05) is 40.1 Å². The van der Waals surface area contributed by atoms with Gasteiger partial charge in [0.25, 0.3) is 0 Å². The molecule has 2 fully saturated rings. The molecule has 5 rings (SSSR count). The molecule has 0 aliphatic carbocycles. The van der Waals surface area contributed by atoms with Crippen molar-refractivity contribution >= 4 is 29.2 Å². The summed E-state index contributed by atoms with van der Waals surface area (Å²) in [6, 6.07) is 17.4. The predicted octanol–water partition coefficient (Wildman–Crippen LogP) is 4.58. The first kappa shape index (κ1) is 29.3. The number of nitrogens with zero attached hydrogens (tertiary/aromatic N) is 6. The number of carbonyl (C=O) groups excluding carboxylic acids is 2. The number of rotatable bonds is 5. The van der Waals surface area contributed by atoms with Crippen LogP contribution in [-0.2, 0) is 9.59 Å². The fraction of sp³-hybridized carbons (Fsp3) is 0.387. The van der Waals surface area contributed by atoms with Gasteiger partial charge in [-0.15, -0.1) is 10.2 Å². The van der Waals surface area contributed by atoms with Crippen LogP contribution in [0, 0.1) is 23.1 Å². The van der Waals surface area contributed by atoms with Crippen LogP contribution in [-0.4, -0.2) is 71.6 Å². The maximum atomic E-state index is 15.3. The van der Waals surface area contributed by atoms with Gasteiger partial charge in [-0.05, 0) is 54.3 Å². The van der Waals surface area contributed by atoms with Gasteiger partial charge in [0.1, 0.15) is 17.6 Å². The Balaban J connectivity index is 1.40. The fourth-order valence-corrected chi connectivity index (χ4v) is 6.16. The minimum Gasteiger partial charge on any atom is -0.497 e. The van der Waals surface area contributed by atoms with Gasteiger partial charge in [-0.1, -0.05) is 29.8 Å². The topological polar surface area (TPSA) is 103 Å². The van der Waals surface area contributed by atoms with Crippen molar-refractivity contribution in [2.75, 3.05) is 44.7 Å². The Bertz CT molecular complexity index is 1480. The third-order valence-electron chi connectivity index (χ3n) is 8.20. The molecule has 0 spiro atoms. The monoisotopic (exact) mass is 590 g/mol. The van der Waals surface area contributed by atoms with Crippen LogP contribution in [0.3, 0.4) is 0 Å². The average molecular weight is 591 g/mol. The van der Waals surface area contributed by atoms with E-state index < -0.39 is 17.7 Å². The smallest absolute Gasteiger partial charge is 0.228 e. The van der Waals surface area contributed by atoms with Crippen LogP contribution < -0.4 is 9.64 Å². The molecule has 0 unspecified atom stereocenters.